The molecular weight excluding hydrogens is 558 g/mol. The van der Waals surface area contributed by atoms with E-state index in [0.717, 1.165) is 5.57 Å². The number of carbonyl (C=O) groups is 3. The van der Waals surface area contributed by atoms with Crippen LogP contribution in [-0.2, 0) is 42.8 Å². The number of aliphatic hydroxyl groups excluding tert-OH is 1. The smallest absolute Gasteiger partial charge is 0.316 e. The summed E-state index contributed by atoms with van der Waals surface area (Å²) in [7, 11) is 5.33. The molecule has 0 aromatic carbocycles. The summed E-state index contributed by atoms with van der Waals surface area (Å²) < 4.78 is 37.1. The lowest BCUT2D eigenvalue weighted by Crippen LogP contribution is -2.59. The molecule has 1 saturated heterocycles. The molecule has 3 aliphatic heterocycles. The van der Waals surface area contributed by atoms with E-state index in [1.165, 1.54) is 21.0 Å². The Balaban J connectivity index is 2.18. The molecule has 244 valence electrons. The minimum absolute atomic E-state index is 0.0265. The average Bonchev–Trinajstić information content (AvgIpc) is 3.18. The average molecular weight is 610 g/mol. The van der Waals surface area contributed by atoms with E-state index in [9.17, 15) is 19.5 Å². The van der Waals surface area contributed by atoms with Crippen molar-refractivity contribution in [2.75, 3.05) is 21.2 Å². The van der Waals surface area contributed by atoms with Crippen molar-refractivity contribution >= 4 is 17.7 Å². The second kappa shape index (κ2) is 13.3. The Morgan fingerprint density at radius 1 is 1.14 bits per heavy atom. The number of ketones is 1. The number of aliphatic hydroxyl groups is 1. The third-order valence-corrected chi connectivity index (χ3v) is 9.31. The molecule has 0 radical (unpaired) electrons. The van der Waals surface area contributed by atoms with Crippen LogP contribution in [0.25, 0.3) is 0 Å². The standard InChI is InChI=1S/C32H51NO10/c1-13-23-32(9)27(36)20(6)25(43-32)16(2)15-31(8,38-12)28(18(4)24(35)19(5)29(37)41-23)42-30-26(40-21(7)34)22(33(10)11)14-17(3)39-30/h17-19,22-23,26,28,30,36H,13-15H2,1-12H3/b25-16-/t17-,18+,19-,22+,23-,26-,28-,30+,31-,32-/m1/s1. The molecule has 0 spiro atoms. The lowest BCUT2D eigenvalue weighted by molar-refractivity contribution is -0.296. The molecule has 0 saturated carbocycles. The third-order valence-electron chi connectivity index (χ3n) is 9.31. The molecule has 11 nitrogen and oxygen atoms in total. The maximum atomic E-state index is 14.0. The van der Waals surface area contributed by atoms with E-state index in [4.69, 9.17) is 28.4 Å². The zero-order valence-corrected chi connectivity index (χ0v) is 27.8. The zero-order chi connectivity index (χ0) is 32.6. The summed E-state index contributed by atoms with van der Waals surface area (Å²) in [5, 5.41) is 11.2. The van der Waals surface area contributed by atoms with E-state index in [1.807, 2.05) is 46.7 Å². The van der Waals surface area contributed by atoms with Crippen LogP contribution in [-0.4, -0.2) is 96.9 Å². The molecule has 3 aliphatic rings. The summed E-state index contributed by atoms with van der Waals surface area (Å²) in [5.41, 5.74) is -1.19. The maximum Gasteiger partial charge on any atom is 0.316 e. The van der Waals surface area contributed by atoms with Gasteiger partial charge in [-0.2, -0.15) is 0 Å². The van der Waals surface area contributed by atoms with Gasteiger partial charge in [-0.25, -0.2) is 0 Å². The summed E-state index contributed by atoms with van der Waals surface area (Å²) in [6, 6.07) is -0.212. The summed E-state index contributed by atoms with van der Waals surface area (Å²) in [6.45, 7) is 15.4. The molecule has 2 bridgehead atoms. The number of hydrogen-bond donors (Lipinski definition) is 1. The Bertz CT molecular complexity index is 1150. The van der Waals surface area contributed by atoms with Gasteiger partial charge < -0.3 is 38.4 Å². The zero-order valence-electron chi connectivity index (χ0n) is 27.8. The molecular formula is C32H51NO10. The molecule has 3 rings (SSSR count). The number of nitrogens with zero attached hydrogens (tertiary/aromatic N) is 1. The number of ether oxygens (including phenoxy) is 6. The van der Waals surface area contributed by atoms with Crippen LogP contribution in [0, 0.1) is 11.8 Å². The number of hydrogen-bond acceptors (Lipinski definition) is 11. The van der Waals surface area contributed by atoms with E-state index >= 15 is 0 Å². The van der Waals surface area contributed by atoms with Gasteiger partial charge in [0.2, 0.25) is 0 Å². The van der Waals surface area contributed by atoms with Gasteiger partial charge in [-0.05, 0) is 74.1 Å². The number of rotatable bonds is 6. The summed E-state index contributed by atoms with van der Waals surface area (Å²) in [6.07, 6.45) is -2.64. The number of fused-ring (bicyclic) bond motifs is 2. The first-order valence-electron chi connectivity index (χ1n) is 15.1. The molecule has 0 aromatic heterocycles. The van der Waals surface area contributed by atoms with E-state index < -0.39 is 65.4 Å². The predicted octanol–water partition coefficient (Wildman–Crippen LogP) is 4.24. The van der Waals surface area contributed by atoms with Crippen LogP contribution >= 0.6 is 0 Å². The van der Waals surface area contributed by atoms with E-state index in [-0.39, 0.29) is 24.3 Å². The van der Waals surface area contributed by atoms with E-state index in [0.29, 0.717) is 24.2 Å². The lowest BCUT2D eigenvalue weighted by Gasteiger charge is -2.47. The number of allylic oxidation sites excluding steroid dienone is 1. The largest absolute Gasteiger partial charge is 0.507 e. The highest BCUT2D eigenvalue weighted by molar-refractivity contribution is 6.00. The molecule has 10 atom stereocenters. The van der Waals surface area contributed by atoms with Gasteiger partial charge in [-0.3, -0.25) is 14.4 Å². The first-order chi connectivity index (χ1) is 19.9. The fourth-order valence-corrected chi connectivity index (χ4v) is 6.72. The molecule has 11 heteroatoms. The minimum atomic E-state index is -1.32. The van der Waals surface area contributed by atoms with Crippen molar-refractivity contribution in [2.24, 2.45) is 11.8 Å². The van der Waals surface area contributed by atoms with Gasteiger partial charge in [-0.15, -0.1) is 0 Å². The maximum absolute atomic E-state index is 14.0. The molecule has 0 aliphatic carbocycles. The molecule has 1 fully saturated rings. The highest BCUT2D eigenvalue weighted by atomic mass is 16.7. The van der Waals surface area contributed by atoms with Gasteiger partial charge in [0, 0.05) is 31.9 Å². The molecule has 0 amide bonds. The van der Waals surface area contributed by atoms with Gasteiger partial charge in [0.1, 0.15) is 23.5 Å². The second-order valence-electron chi connectivity index (χ2n) is 12.9. The van der Waals surface area contributed by atoms with Crippen molar-refractivity contribution in [1.82, 2.24) is 4.90 Å². The normalized spacial score (nSPS) is 41.2. The quantitative estimate of drug-likeness (QED) is 0.343. The Morgan fingerprint density at radius 3 is 2.30 bits per heavy atom. The summed E-state index contributed by atoms with van der Waals surface area (Å²) in [5.74, 6) is -3.17. The highest BCUT2D eigenvalue weighted by Crippen LogP contribution is 2.45. The van der Waals surface area contributed by atoms with Gasteiger partial charge in [0.25, 0.3) is 0 Å². The van der Waals surface area contributed by atoms with Crippen molar-refractivity contribution < 1.29 is 47.9 Å². The van der Waals surface area contributed by atoms with Gasteiger partial charge in [-0.1, -0.05) is 13.8 Å². The Labute approximate surface area is 255 Å². The first-order valence-corrected chi connectivity index (χ1v) is 15.1. The van der Waals surface area contributed by atoms with Gasteiger partial charge in [0.15, 0.2) is 23.8 Å². The summed E-state index contributed by atoms with van der Waals surface area (Å²) in [4.78, 5) is 41.5. The fraction of sp³-hybridized carbons (Fsp3) is 0.781. The van der Waals surface area contributed by atoms with Crippen LogP contribution < -0.4 is 0 Å². The van der Waals surface area contributed by atoms with Crippen molar-refractivity contribution in [2.45, 2.75) is 130 Å². The van der Waals surface area contributed by atoms with Crippen LogP contribution in [0.5, 0.6) is 0 Å². The lowest BCUT2D eigenvalue weighted by atomic mass is 9.79. The SMILES string of the molecule is CC[C@H]1OC(=O)[C@H](C)C(=O)[C@H](C)[C@@H](O[C@@H]2O[C@H](C)C[C@H](N(C)C)[C@H]2OC(C)=O)[C@](C)(OC)C/C(C)=C2\O[C@@]1(C)C(O)=C2C. The molecule has 3 heterocycles. The van der Waals surface area contributed by atoms with Crippen LogP contribution in [0.15, 0.2) is 22.7 Å². The highest BCUT2D eigenvalue weighted by Gasteiger charge is 2.53. The Hall–Kier alpha value is -2.47. The second-order valence-corrected chi connectivity index (χ2v) is 12.9. The van der Waals surface area contributed by atoms with Crippen molar-refractivity contribution in [1.29, 1.82) is 0 Å². The van der Waals surface area contributed by atoms with Crippen LogP contribution in [0.1, 0.15) is 81.6 Å². The number of methoxy groups -OCH3 is 1. The fourth-order valence-electron chi connectivity index (χ4n) is 6.72. The predicted molar refractivity (Wildman–Crippen MR) is 158 cm³/mol. The minimum Gasteiger partial charge on any atom is -0.507 e. The Kier molecular flexibility index (Phi) is 10.8. The summed E-state index contributed by atoms with van der Waals surface area (Å²) >= 11 is 0. The van der Waals surface area contributed by atoms with E-state index in [1.54, 1.807) is 20.8 Å². The van der Waals surface area contributed by atoms with Crippen molar-refractivity contribution in [3.63, 3.8) is 0 Å². The molecule has 1 N–H and O–H groups in total. The molecule has 0 aromatic rings. The number of esters is 2. The monoisotopic (exact) mass is 609 g/mol. The van der Waals surface area contributed by atoms with Crippen LogP contribution in [0.4, 0.5) is 0 Å². The number of Topliss-reactive ketones (excluding diaryl/α,β-unsaturated/α-hetero) is 1. The van der Waals surface area contributed by atoms with Crippen LogP contribution in [0.2, 0.25) is 0 Å². The number of cyclic esters (lactones) is 1. The molecule has 43 heavy (non-hydrogen) atoms. The van der Waals surface area contributed by atoms with Crippen LogP contribution in [0.3, 0.4) is 0 Å². The van der Waals surface area contributed by atoms with E-state index in [2.05, 4.69) is 0 Å². The number of likely N-dealkylation sites (N-methyl/N-ethyl adjacent to an activating group) is 1. The topological polar surface area (TPSA) is 130 Å². The third kappa shape index (κ3) is 6.79. The molecule has 0 unspecified atom stereocenters. The van der Waals surface area contributed by atoms with Crippen molar-refractivity contribution in [3.05, 3.63) is 22.7 Å². The van der Waals surface area contributed by atoms with Crippen molar-refractivity contribution in [3.8, 4) is 0 Å². The first kappa shape index (κ1) is 35.0. The van der Waals surface area contributed by atoms with Gasteiger partial charge in [0.05, 0.1) is 23.9 Å². The Morgan fingerprint density at radius 2 is 1.77 bits per heavy atom. The number of carbonyl (C=O) groups excluding carboxylic acids is 3. The van der Waals surface area contributed by atoms with Gasteiger partial charge >= 0.3 is 11.9 Å².